The van der Waals surface area contributed by atoms with Gasteiger partial charge < -0.3 is 20.1 Å². The zero-order chi connectivity index (χ0) is 25.7. The van der Waals surface area contributed by atoms with Crippen LogP contribution in [0.15, 0.2) is 41.0 Å². The Bertz CT molecular complexity index is 1390. The fourth-order valence-corrected chi connectivity index (χ4v) is 6.01. The number of aromatic nitrogens is 2. The molecule has 3 aromatic heterocycles. The number of nitrogens with one attached hydrogen (secondary N) is 2. The number of fused-ring (bicyclic) bond motifs is 1. The van der Waals surface area contributed by atoms with Crippen LogP contribution in [-0.4, -0.2) is 40.7 Å². The summed E-state index contributed by atoms with van der Waals surface area (Å²) in [6.45, 7) is 8.59. The van der Waals surface area contributed by atoms with Crippen molar-refractivity contribution in [1.82, 2.24) is 9.97 Å². The molecule has 3 heterocycles. The van der Waals surface area contributed by atoms with E-state index in [4.69, 9.17) is 9.47 Å². The first-order valence-electron chi connectivity index (χ1n) is 11.3. The van der Waals surface area contributed by atoms with Crippen LogP contribution in [0.5, 0.6) is 11.5 Å². The van der Waals surface area contributed by atoms with Gasteiger partial charge in [-0.05, 0) is 44.7 Å². The molecule has 0 aliphatic heterocycles. The standard InChI is InChI=1S/C25H26N4O4S3/c1-5-32-18-11-17(29-23(31)20-8-7-9-34-20)19(33-6-2)10-16(18)28-21(30)12-35-24-22-14(3)15(4)36-25(22)27-13-26-24/h7-11,13H,5-6,12H2,1-4H3,(H,28,30)(H,29,31). The second-order valence-corrected chi connectivity index (χ2v) is 10.7. The SMILES string of the molecule is CCOc1cc(NC(=O)c2cccs2)c(OCC)cc1NC(=O)CSc1ncnc2sc(C)c(C)c12. The van der Waals surface area contributed by atoms with E-state index in [0.29, 0.717) is 41.0 Å². The van der Waals surface area contributed by atoms with Crippen LogP contribution in [0.2, 0.25) is 0 Å². The topological polar surface area (TPSA) is 102 Å². The van der Waals surface area contributed by atoms with Gasteiger partial charge in [-0.15, -0.1) is 22.7 Å². The predicted octanol–water partition coefficient (Wildman–Crippen LogP) is 6.15. The van der Waals surface area contributed by atoms with E-state index in [1.807, 2.05) is 32.2 Å². The minimum atomic E-state index is -0.239. The highest BCUT2D eigenvalue weighted by atomic mass is 32.2. The van der Waals surface area contributed by atoms with Crippen molar-refractivity contribution in [2.45, 2.75) is 32.7 Å². The molecular weight excluding hydrogens is 517 g/mol. The lowest BCUT2D eigenvalue weighted by atomic mass is 10.2. The van der Waals surface area contributed by atoms with Gasteiger partial charge >= 0.3 is 0 Å². The monoisotopic (exact) mass is 542 g/mol. The molecule has 0 fully saturated rings. The molecule has 4 rings (SSSR count). The molecule has 0 unspecified atom stereocenters. The first-order valence-corrected chi connectivity index (χ1v) is 14.0. The summed E-state index contributed by atoms with van der Waals surface area (Å²) in [5, 5.41) is 9.43. The first kappa shape index (κ1) is 25.9. The quantitative estimate of drug-likeness (QED) is 0.183. The number of aryl methyl sites for hydroxylation is 2. The highest BCUT2D eigenvalue weighted by molar-refractivity contribution is 8.00. The lowest BCUT2D eigenvalue weighted by molar-refractivity contribution is -0.113. The fraction of sp³-hybridized carbons (Fsp3) is 0.280. The molecule has 36 heavy (non-hydrogen) atoms. The third-order valence-corrected chi connectivity index (χ3v) is 8.19. The Labute approximate surface area is 221 Å². The van der Waals surface area contributed by atoms with E-state index in [1.54, 1.807) is 29.5 Å². The van der Waals surface area contributed by atoms with Gasteiger partial charge in [-0.25, -0.2) is 9.97 Å². The maximum absolute atomic E-state index is 12.9. The number of thioether (sulfide) groups is 1. The van der Waals surface area contributed by atoms with Crippen LogP contribution in [0.25, 0.3) is 10.2 Å². The highest BCUT2D eigenvalue weighted by Gasteiger charge is 2.18. The van der Waals surface area contributed by atoms with Gasteiger partial charge in [-0.3, -0.25) is 9.59 Å². The van der Waals surface area contributed by atoms with Crippen LogP contribution >= 0.6 is 34.4 Å². The van der Waals surface area contributed by atoms with Gasteiger partial charge in [0.05, 0.1) is 35.2 Å². The molecular formula is C25H26N4O4S3. The Hall–Kier alpha value is -3.15. The van der Waals surface area contributed by atoms with Gasteiger partial charge in [-0.1, -0.05) is 17.8 Å². The molecule has 0 saturated carbocycles. The number of anilines is 2. The van der Waals surface area contributed by atoms with Crippen LogP contribution in [0.4, 0.5) is 11.4 Å². The smallest absolute Gasteiger partial charge is 0.265 e. The van der Waals surface area contributed by atoms with E-state index in [9.17, 15) is 9.59 Å². The summed E-state index contributed by atoms with van der Waals surface area (Å²) >= 11 is 4.34. The number of hydrogen-bond acceptors (Lipinski definition) is 9. The highest BCUT2D eigenvalue weighted by Crippen LogP contribution is 2.38. The summed E-state index contributed by atoms with van der Waals surface area (Å²) in [7, 11) is 0. The maximum Gasteiger partial charge on any atom is 0.265 e. The number of hydrogen-bond donors (Lipinski definition) is 2. The fourth-order valence-electron chi connectivity index (χ4n) is 3.48. The molecule has 0 aliphatic rings. The first-order chi connectivity index (χ1) is 17.4. The van der Waals surface area contributed by atoms with E-state index in [2.05, 4.69) is 27.5 Å². The molecule has 0 aliphatic carbocycles. The number of ether oxygens (including phenoxy) is 2. The Morgan fingerprint density at radius 3 is 2.36 bits per heavy atom. The van der Waals surface area contributed by atoms with Crippen LogP contribution in [0.3, 0.4) is 0 Å². The predicted molar refractivity (Wildman–Crippen MR) is 147 cm³/mol. The van der Waals surface area contributed by atoms with Gasteiger partial charge in [0.2, 0.25) is 5.91 Å². The number of carbonyl (C=O) groups excluding carboxylic acids is 2. The number of amides is 2. The molecule has 11 heteroatoms. The lowest BCUT2D eigenvalue weighted by Crippen LogP contribution is -2.16. The number of rotatable bonds is 10. The molecule has 0 bridgehead atoms. The van der Waals surface area contributed by atoms with Crippen LogP contribution < -0.4 is 20.1 Å². The molecule has 188 valence electrons. The summed E-state index contributed by atoms with van der Waals surface area (Å²) in [6, 6.07) is 6.92. The van der Waals surface area contributed by atoms with Crippen molar-refractivity contribution in [3.8, 4) is 11.5 Å². The zero-order valence-corrected chi connectivity index (χ0v) is 22.8. The van der Waals surface area contributed by atoms with E-state index < -0.39 is 0 Å². The number of benzene rings is 1. The molecule has 8 nitrogen and oxygen atoms in total. The number of thiophene rings is 2. The molecule has 0 radical (unpaired) electrons. The van der Waals surface area contributed by atoms with Crippen LogP contribution in [-0.2, 0) is 4.79 Å². The van der Waals surface area contributed by atoms with Gasteiger partial charge in [0.25, 0.3) is 5.91 Å². The van der Waals surface area contributed by atoms with Crippen molar-refractivity contribution in [3.05, 3.63) is 51.3 Å². The van der Waals surface area contributed by atoms with Gasteiger partial charge in [0, 0.05) is 22.4 Å². The van der Waals surface area contributed by atoms with E-state index >= 15 is 0 Å². The molecule has 0 saturated heterocycles. The summed E-state index contributed by atoms with van der Waals surface area (Å²) < 4.78 is 11.5. The molecule has 2 amide bonds. The molecule has 1 aromatic carbocycles. The number of carbonyl (C=O) groups is 2. The second-order valence-electron chi connectivity index (χ2n) is 7.62. The number of nitrogens with zero attached hydrogens (tertiary/aromatic N) is 2. The molecule has 0 atom stereocenters. The van der Waals surface area contributed by atoms with Gasteiger partial charge in [0.15, 0.2) is 0 Å². The molecule has 2 N–H and O–H groups in total. The Kier molecular flexibility index (Phi) is 8.44. The average Bonchev–Trinajstić information content (AvgIpc) is 3.49. The third kappa shape index (κ3) is 5.80. The minimum Gasteiger partial charge on any atom is -0.492 e. The van der Waals surface area contributed by atoms with Crippen molar-refractivity contribution in [2.24, 2.45) is 0 Å². The van der Waals surface area contributed by atoms with E-state index in [-0.39, 0.29) is 17.6 Å². The van der Waals surface area contributed by atoms with Crippen molar-refractivity contribution < 1.29 is 19.1 Å². The third-order valence-electron chi connectivity index (χ3n) is 5.22. The summed E-state index contributed by atoms with van der Waals surface area (Å²) in [5.74, 6) is 0.587. The summed E-state index contributed by atoms with van der Waals surface area (Å²) in [4.78, 5) is 37.0. The largest absolute Gasteiger partial charge is 0.492 e. The van der Waals surface area contributed by atoms with Crippen LogP contribution in [0, 0.1) is 13.8 Å². The Morgan fingerprint density at radius 2 is 1.72 bits per heavy atom. The van der Waals surface area contributed by atoms with Crippen molar-refractivity contribution >= 4 is 67.8 Å². The average molecular weight is 543 g/mol. The summed E-state index contributed by atoms with van der Waals surface area (Å²) in [6.07, 6.45) is 1.53. The van der Waals surface area contributed by atoms with Crippen LogP contribution in [0.1, 0.15) is 34.0 Å². The van der Waals surface area contributed by atoms with Crippen molar-refractivity contribution in [3.63, 3.8) is 0 Å². The van der Waals surface area contributed by atoms with Crippen molar-refractivity contribution in [2.75, 3.05) is 29.6 Å². The van der Waals surface area contributed by atoms with Crippen molar-refractivity contribution in [1.29, 1.82) is 0 Å². The van der Waals surface area contributed by atoms with Gasteiger partial charge in [0.1, 0.15) is 27.7 Å². The molecule has 0 spiro atoms. The zero-order valence-electron chi connectivity index (χ0n) is 20.3. The van der Waals surface area contributed by atoms with Gasteiger partial charge in [-0.2, -0.15) is 0 Å². The second kappa shape index (κ2) is 11.7. The maximum atomic E-state index is 12.9. The summed E-state index contributed by atoms with van der Waals surface area (Å²) in [5.41, 5.74) is 2.08. The van der Waals surface area contributed by atoms with E-state index in [1.165, 1.54) is 34.3 Å². The normalized spacial score (nSPS) is 10.9. The Morgan fingerprint density at radius 1 is 1.03 bits per heavy atom. The van der Waals surface area contributed by atoms with E-state index in [0.717, 1.165) is 20.8 Å². The minimum absolute atomic E-state index is 0.160. The lowest BCUT2D eigenvalue weighted by Gasteiger charge is -2.17. The molecule has 4 aromatic rings. The Balaban J connectivity index is 1.54.